The molecule has 1 atom stereocenters. The summed E-state index contributed by atoms with van der Waals surface area (Å²) in [5.74, 6) is 0. The van der Waals surface area contributed by atoms with Crippen molar-refractivity contribution in [1.29, 1.82) is 0 Å². The average Bonchev–Trinajstić information content (AvgIpc) is 2.18. The fourth-order valence-corrected chi connectivity index (χ4v) is 3.43. The van der Waals surface area contributed by atoms with Gasteiger partial charge in [-0.3, -0.25) is 4.67 Å². The van der Waals surface area contributed by atoms with Crippen molar-refractivity contribution in [3.05, 3.63) is 30.3 Å². The molecule has 1 fully saturated rings. The molecule has 0 N–H and O–H groups in total. The monoisotopic (exact) mass is 231 g/mol. The third kappa shape index (κ3) is 1.95. The third-order valence-electron chi connectivity index (χ3n) is 2.11. The van der Waals surface area contributed by atoms with Crippen LogP contribution in [0.15, 0.2) is 30.3 Å². The molecule has 1 heterocycles. The summed E-state index contributed by atoms with van der Waals surface area (Å²) in [4.78, 5) is 0. The number of halogens is 1. The maximum absolute atomic E-state index is 11.8. The number of rotatable bonds is 1. The Hall–Kier alpha value is -0.500. The van der Waals surface area contributed by atoms with Gasteiger partial charge in [0.1, 0.15) is 0 Å². The van der Waals surface area contributed by atoms with Gasteiger partial charge in [-0.15, -0.1) is 0 Å². The molecular weight excluding hydrogens is 221 g/mol. The molecule has 1 unspecified atom stereocenters. The summed E-state index contributed by atoms with van der Waals surface area (Å²) in [6.45, 7) is -1.95. The molecule has 1 aliphatic heterocycles. The summed E-state index contributed by atoms with van der Waals surface area (Å²) in [5, 5.41) is 0. The highest BCUT2D eigenvalue weighted by Gasteiger charge is 2.32. The highest BCUT2D eigenvalue weighted by atomic mass is 35.7. The van der Waals surface area contributed by atoms with Gasteiger partial charge in [0.25, 0.3) is 0 Å². The van der Waals surface area contributed by atoms with E-state index in [1.54, 1.807) is 4.67 Å². The van der Waals surface area contributed by atoms with Crippen molar-refractivity contribution in [1.82, 2.24) is 0 Å². The van der Waals surface area contributed by atoms with Gasteiger partial charge >= 0.3 is 6.87 Å². The molecule has 76 valence electrons. The minimum Gasteiger partial charge on any atom is -0.302 e. The third-order valence-corrected chi connectivity index (χ3v) is 4.46. The van der Waals surface area contributed by atoms with Crippen molar-refractivity contribution in [2.24, 2.45) is 0 Å². The van der Waals surface area contributed by atoms with Gasteiger partial charge in [-0.25, -0.2) is 4.57 Å². The molecule has 0 radical (unpaired) electrons. The second-order valence-electron chi connectivity index (χ2n) is 3.10. The van der Waals surface area contributed by atoms with E-state index in [1.165, 1.54) is 0 Å². The zero-order valence-corrected chi connectivity index (χ0v) is 9.25. The van der Waals surface area contributed by atoms with Gasteiger partial charge in [-0.2, -0.15) is 0 Å². The fourth-order valence-electron chi connectivity index (χ4n) is 1.45. The van der Waals surface area contributed by atoms with Crippen LogP contribution in [0.4, 0.5) is 5.69 Å². The number of hydrogen-bond acceptors (Lipinski definition) is 2. The number of benzene rings is 1. The highest BCUT2D eigenvalue weighted by Crippen LogP contribution is 2.59. The lowest BCUT2D eigenvalue weighted by Gasteiger charge is -2.32. The molecule has 0 amide bonds. The van der Waals surface area contributed by atoms with Crippen LogP contribution in [0, 0.1) is 0 Å². The van der Waals surface area contributed by atoms with E-state index < -0.39 is 6.87 Å². The number of nitrogens with zero attached hydrogens (tertiary/aromatic N) is 1. The van der Waals surface area contributed by atoms with E-state index in [0.29, 0.717) is 13.2 Å². The molecule has 0 aromatic heterocycles. The molecule has 0 bridgehead atoms. The van der Waals surface area contributed by atoms with Gasteiger partial charge in [-0.1, -0.05) is 18.2 Å². The molecule has 0 spiro atoms. The fraction of sp³-hybridized carbons (Fsp3) is 0.333. The highest BCUT2D eigenvalue weighted by molar-refractivity contribution is 7.86. The van der Waals surface area contributed by atoms with Crippen molar-refractivity contribution in [3.63, 3.8) is 0 Å². The largest absolute Gasteiger partial charge is 0.387 e. The summed E-state index contributed by atoms with van der Waals surface area (Å²) >= 11 is 5.83. The zero-order valence-electron chi connectivity index (χ0n) is 7.60. The van der Waals surface area contributed by atoms with Crippen molar-refractivity contribution in [3.8, 4) is 0 Å². The van der Waals surface area contributed by atoms with E-state index in [4.69, 9.17) is 15.8 Å². The lowest BCUT2D eigenvalue weighted by Crippen LogP contribution is -2.25. The molecule has 1 aromatic rings. The summed E-state index contributed by atoms with van der Waals surface area (Å²) in [5.41, 5.74) is 0.852. The molecule has 3 nitrogen and oxygen atoms in total. The predicted molar refractivity (Wildman–Crippen MR) is 57.8 cm³/mol. The number of para-hydroxylation sites is 1. The Morgan fingerprint density at radius 1 is 1.36 bits per heavy atom. The van der Waals surface area contributed by atoms with Crippen LogP contribution in [0.5, 0.6) is 0 Å². The standard InChI is InChI=1S/C9H11ClNO2P/c10-14(12)11(7-4-8-13-14)9-5-2-1-3-6-9/h1-3,5-6H,4,7-8H2. The molecule has 2 rings (SSSR count). The Morgan fingerprint density at radius 2 is 2.07 bits per heavy atom. The topological polar surface area (TPSA) is 29.5 Å². The van der Waals surface area contributed by atoms with Gasteiger partial charge < -0.3 is 4.52 Å². The maximum Gasteiger partial charge on any atom is 0.387 e. The van der Waals surface area contributed by atoms with Crippen LogP contribution >= 0.6 is 18.1 Å². The summed E-state index contributed by atoms with van der Waals surface area (Å²) < 4.78 is 18.6. The minimum atomic E-state index is -3.11. The van der Waals surface area contributed by atoms with Gasteiger partial charge in [0.05, 0.1) is 6.61 Å². The van der Waals surface area contributed by atoms with Crippen LogP contribution in [0.1, 0.15) is 6.42 Å². The molecule has 1 aromatic carbocycles. The SMILES string of the molecule is O=P1(Cl)OCCCN1c1ccccc1. The van der Waals surface area contributed by atoms with Crippen LogP contribution < -0.4 is 4.67 Å². The van der Waals surface area contributed by atoms with Gasteiger partial charge in [-0.05, 0) is 29.8 Å². The minimum absolute atomic E-state index is 0.476. The summed E-state index contributed by atoms with van der Waals surface area (Å²) in [6, 6.07) is 9.45. The second-order valence-corrected chi connectivity index (χ2v) is 6.02. The van der Waals surface area contributed by atoms with Crippen molar-refractivity contribution >= 4 is 23.8 Å². The molecular formula is C9H11ClNO2P. The molecule has 1 aliphatic rings. The average molecular weight is 232 g/mol. The van der Waals surface area contributed by atoms with E-state index >= 15 is 0 Å². The summed E-state index contributed by atoms with van der Waals surface area (Å²) in [6.07, 6.45) is 0.853. The van der Waals surface area contributed by atoms with Crippen LogP contribution in [0.3, 0.4) is 0 Å². The van der Waals surface area contributed by atoms with Crippen LogP contribution in [-0.4, -0.2) is 13.2 Å². The first-order chi connectivity index (χ1) is 6.70. The Kier molecular flexibility index (Phi) is 2.82. The Morgan fingerprint density at radius 3 is 2.71 bits per heavy atom. The zero-order chi connectivity index (χ0) is 10.0. The lowest BCUT2D eigenvalue weighted by molar-refractivity contribution is 0.299. The normalized spacial score (nSPS) is 27.6. The van der Waals surface area contributed by atoms with Crippen molar-refractivity contribution in [2.75, 3.05) is 17.8 Å². The predicted octanol–water partition coefficient (Wildman–Crippen LogP) is 3.26. The number of anilines is 1. The smallest absolute Gasteiger partial charge is 0.302 e. The summed E-state index contributed by atoms with van der Waals surface area (Å²) in [7, 11) is 0. The van der Waals surface area contributed by atoms with Crippen LogP contribution in [0.2, 0.25) is 0 Å². The molecule has 5 heteroatoms. The molecule has 0 saturated carbocycles. The lowest BCUT2D eigenvalue weighted by atomic mass is 10.3. The molecule has 1 saturated heterocycles. The van der Waals surface area contributed by atoms with E-state index in [2.05, 4.69) is 0 Å². The first kappa shape index (κ1) is 10.0. The quantitative estimate of drug-likeness (QED) is 0.695. The van der Waals surface area contributed by atoms with E-state index in [1.807, 2.05) is 30.3 Å². The Balaban J connectivity index is 2.29. The first-order valence-corrected chi connectivity index (χ1v) is 6.96. The van der Waals surface area contributed by atoms with Gasteiger partial charge in [0.2, 0.25) is 0 Å². The van der Waals surface area contributed by atoms with E-state index in [0.717, 1.165) is 12.1 Å². The Labute approximate surface area is 87.9 Å². The van der Waals surface area contributed by atoms with Crippen LogP contribution in [-0.2, 0) is 9.09 Å². The maximum atomic E-state index is 11.8. The van der Waals surface area contributed by atoms with E-state index in [-0.39, 0.29) is 0 Å². The first-order valence-electron chi connectivity index (χ1n) is 4.47. The molecule has 14 heavy (non-hydrogen) atoms. The number of hydrogen-bond donors (Lipinski definition) is 0. The van der Waals surface area contributed by atoms with E-state index in [9.17, 15) is 4.57 Å². The van der Waals surface area contributed by atoms with Crippen molar-refractivity contribution in [2.45, 2.75) is 6.42 Å². The van der Waals surface area contributed by atoms with Gasteiger partial charge in [0, 0.05) is 12.2 Å². The van der Waals surface area contributed by atoms with Crippen LogP contribution in [0.25, 0.3) is 0 Å². The molecule has 0 aliphatic carbocycles. The van der Waals surface area contributed by atoms with Gasteiger partial charge in [0.15, 0.2) is 0 Å². The van der Waals surface area contributed by atoms with Crippen molar-refractivity contribution < 1.29 is 9.09 Å². The second kappa shape index (κ2) is 3.93. The Bertz CT molecular complexity index is 357.